The number of nitrogens with one attached hydrogen (secondary N) is 1. The van der Waals surface area contributed by atoms with Crippen molar-refractivity contribution >= 4 is 17.6 Å². The van der Waals surface area contributed by atoms with E-state index in [0.717, 1.165) is 11.3 Å². The van der Waals surface area contributed by atoms with Crippen molar-refractivity contribution in [3.8, 4) is 0 Å². The van der Waals surface area contributed by atoms with Gasteiger partial charge in [-0.1, -0.05) is 26.0 Å². The number of ether oxygens (including phenoxy) is 1. The number of hydrogen-bond donors (Lipinski definition) is 2. The van der Waals surface area contributed by atoms with E-state index in [1.165, 1.54) is 7.11 Å². The average Bonchev–Trinajstić information content (AvgIpc) is 2.56. The fraction of sp³-hybridized carbons (Fsp3) is 0.529. The van der Waals surface area contributed by atoms with Crippen LogP contribution in [0.1, 0.15) is 38.7 Å². The summed E-state index contributed by atoms with van der Waals surface area (Å²) in [5.74, 6) is -0.265. The molecule has 3 N–H and O–H groups in total. The zero-order valence-electron chi connectivity index (χ0n) is 13.6. The predicted molar refractivity (Wildman–Crippen MR) is 87.5 cm³/mol. The second kappa shape index (κ2) is 8.54. The van der Waals surface area contributed by atoms with Gasteiger partial charge in [-0.3, -0.25) is 9.59 Å². The summed E-state index contributed by atoms with van der Waals surface area (Å²) in [5.41, 5.74) is 7.04. The summed E-state index contributed by atoms with van der Waals surface area (Å²) in [7, 11) is 1.38. The molecule has 0 aliphatic heterocycles. The van der Waals surface area contributed by atoms with Crippen molar-refractivity contribution in [3.63, 3.8) is 0 Å². The normalized spacial score (nSPS) is 11.1. The Bertz CT molecular complexity index is 485. The summed E-state index contributed by atoms with van der Waals surface area (Å²) in [5, 5.41) is 2.93. The maximum absolute atomic E-state index is 12.4. The molecule has 0 aliphatic rings. The Balaban J connectivity index is 2.67. The molecule has 1 aromatic carbocycles. The van der Waals surface area contributed by atoms with Gasteiger partial charge < -0.3 is 15.8 Å². The molecule has 0 atom stereocenters. The number of benzene rings is 1. The molecule has 0 unspecified atom stereocenters. The number of amides is 1. The van der Waals surface area contributed by atoms with Crippen LogP contribution in [0.2, 0.25) is 0 Å². The summed E-state index contributed by atoms with van der Waals surface area (Å²) in [6, 6.07) is 7.50. The highest BCUT2D eigenvalue weighted by Crippen LogP contribution is 2.27. The smallest absolute Gasteiger partial charge is 0.305 e. The Morgan fingerprint density at radius 2 is 1.77 bits per heavy atom. The molecule has 0 aliphatic carbocycles. The lowest BCUT2D eigenvalue weighted by atomic mass is 9.81. The van der Waals surface area contributed by atoms with Gasteiger partial charge in [0.05, 0.1) is 12.5 Å². The van der Waals surface area contributed by atoms with Crippen LogP contribution in [-0.4, -0.2) is 25.5 Å². The van der Waals surface area contributed by atoms with Crippen LogP contribution in [0.3, 0.4) is 0 Å². The van der Waals surface area contributed by atoms with Crippen molar-refractivity contribution in [2.24, 2.45) is 11.1 Å². The van der Waals surface area contributed by atoms with Gasteiger partial charge in [0, 0.05) is 18.7 Å². The lowest BCUT2D eigenvalue weighted by molar-refractivity contribution is -0.140. The van der Waals surface area contributed by atoms with E-state index in [9.17, 15) is 9.59 Å². The maximum Gasteiger partial charge on any atom is 0.305 e. The monoisotopic (exact) mass is 306 g/mol. The van der Waals surface area contributed by atoms with Gasteiger partial charge in [0.15, 0.2) is 0 Å². The molecule has 0 saturated carbocycles. The van der Waals surface area contributed by atoms with Crippen LogP contribution >= 0.6 is 0 Å². The molecular weight excluding hydrogens is 280 g/mol. The van der Waals surface area contributed by atoms with Crippen molar-refractivity contribution in [3.05, 3.63) is 29.8 Å². The minimum absolute atomic E-state index is 0.0395. The number of methoxy groups -OCH3 is 1. The van der Waals surface area contributed by atoms with Crippen LogP contribution in [0, 0.1) is 5.41 Å². The molecule has 0 bridgehead atoms. The molecule has 22 heavy (non-hydrogen) atoms. The van der Waals surface area contributed by atoms with Crippen molar-refractivity contribution in [1.82, 2.24) is 0 Å². The van der Waals surface area contributed by atoms with Gasteiger partial charge in [0.2, 0.25) is 5.91 Å². The first-order chi connectivity index (χ1) is 10.5. The molecule has 1 rings (SSSR count). The molecule has 5 nitrogen and oxygen atoms in total. The third-order valence-electron chi connectivity index (χ3n) is 4.28. The molecule has 0 radical (unpaired) electrons. The van der Waals surface area contributed by atoms with E-state index in [-0.39, 0.29) is 11.9 Å². The standard InChI is InChI=1S/C17H26N2O3/c1-4-17(5-2,12-18)16(21)19-14-9-6-13(7-10-14)8-11-15(20)22-3/h6-7,9-10H,4-5,8,11-12,18H2,1-3H3,(H,19,21). The first-order valence-electron chi connectivity index (χ1n) is 7.68. The predicted octanol–water partition coefficient (Wildman–Crippen LogP) is 2.50. The number of aryl methyl sites for hydroxylation is 1. The van der Waals surface area contributed by atoms with Crippen molar-refractivity contribution in [1.29, 1.82) is 0 Å². The Morgan fingerprint density at radius 3 is 2.23 bits per heavy atom. The molecular formula is C17H26N2O3. The largest absolute Gasteiger partial charge is 0.469 e. The highest BCUT2D eigenvalue weighted by Gasteiger charge is 2.33. The van der Waals surface area contributed by atoms with Crippen molar-refractivity contribution in [2.45, 2.75) is 39.5 Å². The first-order valence-corrected chi connectivity index (χ1v) is 7.68. The zero-order valence-corrected chi connectivity index (χ0v) is 13.6. The molecule has 0 heterocycles. The number of nitrogens with two attached hydrogens (primary N) is 1. The number of carbonyl (C=O) groups excluding carboxylic acids is 2. The fourth-order valence-electron chi connectivity index (χ4n) is 2.32. The van der Waals surface area contributed by atoms with Gasteiger partial charge in [-0.2, -0.15) is 0 Å². The highest BCUT2D eigenvalue weighted by atomic mass is 16.5. The van der Waals surface area contributed by atoms with E-state index in [1.54, 1.807) is 0 Å². The molecule has 0 spiro atoms. The van der Waals surface area contributed by atoms with Gasteiger partial charge in [-0.15, -0.1) is 0 Å². The maximum atomic E-state index is 12.4. The number of hydrogen-bond acceptors (Lipinski definition) is 4. The summed E-state index contributed by atoms with van der Waals surface area (Å²) >= 11 is 0. The Morgan fingerprint density at radius 1 is 1.18 bits per heavy atom. The van der Waals surface area contributed by atoms with Crippen molar-refractivity contribution < 1.29 is 14.3 Å². The first kappa shape index (κ1) is 18.2. The summed E-state index contributed by atoms with van der Waals surface area (Å²) in [4.78, 5) is 23.5. The number of esters is 1. The lowest BCUT2D eigenvalue weighted by Gasteiger charge is -2.28. The quantitative estimate of drug-likeness (QED) is 0.723. The Kier molecular flexibility index (Phi) is 7.05. The molecule has 0 aromatic heterocycles. The third kappa shape index (κ3) is 4.56. The minimum Gasteiger partial charge on any atom is -0.469 e. The number of carbonyl (C=O) groups is 2. The van der Waals surface area contributed by atoms with Gasteiger partial charge in [0.1, 0.15) is 0 Å². The second-order valence-corrected chi connectivity index (χ2v) is 5.42. The summed E-state index contributed by atoms with van der Waals surface area (Å²) in [6.45, 7) is 4.29. The van der Waals surface area contributed by atoms with Gasteiger partial charge in [0.25, 0.3) is 0 Å². The number of rotatable bonds is 8. The molecule has 1 aromatic rings. The summed E-state index contributed by atoms with van der Waals surface area (Å²) in [6.07, 6.45) is 2.40. The number of anilines is 1. The minimum atomic E-state index is -0.510. The van der Waals surface area contributed by atoms with E-state index in [2.05, 4.69) is 10.1 Å². The van der Waals surface area contributed by atoms with E-state index in [0.29, 0.717) is 32.2 Å². The molecule has 5 heteroatoms. The molecule has 0 saturated heterocycles. The van der Waals surface area contributed by atoms with E-state index in [4.69, 9.17) is 5.73 Å². The molecule has 0 fully saturated rings. The van der Waals surface area contributed by atoms with Crippen LogP contribution < -0.4 is 11.1 Å². The van der Waals surface area contributed by atoms with Crippen LogP contribution in [0.5, 0.6) is 0 Å². The third-order valence-corrected chi connectivity index (χ3v) is 4.28. The van der Waals surface area contributed by atoms with Crippen LogP contribution in [0.15, 0.2) is 24.3 Å². The summed E-state index contributed by atoms with van der Waals surface area (Å²) < 4.78 is 4.62. The van der Waals surface area contributed by atoms with Crippen LogP contribution in [0.4, 0.5) is 5.69 Å². The Hall–Kier alpha value is -1.88. The zero-order chi connectivity index (χ0) is 16.6. The fourth-order valence-corrected chi connectivity index (χ4v) is 2.32. The second-order valence-electron chi connectivity index (χ2n) is 5.42. The Labute approximate surface area is 132 Å². The van der Waals surface area contributed by atoms with Crippen LogP contribution in [-0.2, 0) is 20.7 Å². The van der Waals surface area contributed by atoms with Gasteiger partial charge in [-0.25, -0.2) is 0 Å². The van der Waals surface area contributed by atoms with E-state index < -0.39 is 5.41 Å². The van der Waals surface area contributed by atoms with Crippen LogP contribution in [0.25, 0.3) is 0 Å². The van der Waals surface area contributed by atoms with E-state index in [1.807, 2.05) is 38.1 Å². The van der Waals surface area contributed by atoms with E-state index >= 15 is 0 Å². The van der Waals surface area contributed by atoms with Gasteiger partial charge >= 0.3 is 5.97 Å². The lowest BCUT2D eigenvalue weighted by Crippen LogP contribution is -2.41. The SMILES string of the molecule is CCC(CC)(CN)C(=O)Nc1ccc(CCC(=O)OC)cc1. The van der Waals surface area contributed by atoms with Crippen molar-refractivity contribution in [2.75, 3.05) is 19.0 Å². The molecule has 122 valence electrons. The highest BCUT2D eigenvalue weighted by molar-refractivity contribution is 5.95. The molecule has 1 amide bonds. The average molecular weight is 306 g/mol. The topological polar surface area (TPSA) is 81.4 Å². The van der Waals surface area contributed by atoms with Gasteiger partial charge in [-0.05, 0) is 37.0 Å².